The molecule has 0 aliphatic carbocycles. The van der Waals surface area contributed by atoms with Gasteiger partial charge in [-0.25, -0.2) is 9.79 Å². The molecule has 2 aromatic rings. The number of esters is 1. The van der Waals surface area contributed by atoms with Gasteiger partial charge in [0, 0.05) is 16.7 Å². The zero-order chi connectivity index (χ0) is 21.1. The van der Waals surface area contributed by atoms with Crippen molar-refractivity contribution in [2.45, 2.75) is 33.8 Å². The SMILES string of the molecule is C/C(O)=C(/C(=O)OC(C)C)C1=NC(=NC(=O)c2ccc(C)cc2)c2ccccc21. The molecular weight excluding hydrogens is 368 g/mol. The summed E-state index contributed by atoms with van der Waals surface area (Å²) in [5.74, 6) is -1.14. The molecule has 0 aromatic heterocycles. The number of fused-ring (bicyclic) bond motifs is 1. The number of aryl methyl sites for hydroxylation is 1. The molecule has 0 radical (unpaired) electrons. The molecule has 2 aromatic carbocycles. The summed E-state index contributed by atoms with van der Waals surface area (Å²) in [4.78, 5) is 33.7. The molecule has 0 fully saturated rings. The van der Waals surface area contributed by atoms with Crippen molar-refractivity contribution in [1.82, 2.24) is 0 Å². The highest BCUT2D eigenvalue weighted by Crippen LogP contribution is 2.26. The Morgan fingerprint density at radius 1 is 1.03 bits per heavy atom. The molecule has 1 aliphatic heterocycles. The van der Waals surface area contributed by atoms with Gasteiger partial charge in [-0.3, -0.25) is 4.79 Å². The van der Waals surface area contributed by atoms with E-state index in [2.05, 4.69) is 9.98 Å². The number of ether oxygens (including phenoxy) is 1. The van der Waals surface area contributed by atoms with Crippen molar-refractivity contribution >= 4 is 23.4 Å². The highest BCUT2D eigenvalue weighted by atomic mass is 16.5. The van der Waals surface area contributed by atoms with E-state index in [1.54, 1.807) is 50.2 Å². The first-order chi connectivity index (χ1) is 13.8. The van der Waals surface area contributed by atoms with E-state index in [0.29, 0.717) is 16.7 Å². The average Bonchev–Trinajstić information content (AvgIpc) is 3.00. The fraction of sp³-hybridized carbons (Fsp3) is 0.217. The molecule has 1 N–H and O–H groups in total. The van der Waals surface area contributed by atoms with Crippen LogP contribution >= 0.6 is 0 Å². The number of hydrogen-bond donors (Lipinski definition) is 1. The van der Waals surface area contributed by atoms with Gasteiger partial charge in [0.2, 0.25) is 0 Å². The van der Waals surface area contributed by atoms with Crippen molar-refractivity contribution in [3.63, 3.8) is 0 Å². The number of rotatable bonds is 4. The third-order valence-corrected chi connectivity index (χ3v) is 4.29. The van der Waals surface area contributed by atoms with Gasteiger partial charge in [-0.1, -0.05) is 42.0 Å². The van der Waals surface area contributed by atoms with Crippen LogP contribution in [0.5, 0.6) is 0 Å². The van der Waals surface area contributed by atoms with Crippen LogP contribution in [0.15, 0.2) is 69.8 Å². The van der Waals surface area contributed by atoms with Crippen molar-refractivity contribution < 1.29 is 19.4 Å². The molecule has 29 heavy (non-hydrogen) atoms. The van der Waals surface area contributed by atoms with Gasteiger partial charge in [-0.2, -0.15) is 4.99 Å². The molecule has 0 saturated heterocycles. The zero-order valence-electron chi connectivity index (χ0n) is 16.8. The summed E-state index contributed by atoms with van der Waals surface area (Å²) >= 11 is 0. The molecule has 0 unspecified atom stereocenters. The molecule has 1 aliphatic rings. The zero-order valence-corrected chi connectivity index (χ0v) is 16.8. The Morgan fingerprint density at radius 3 is 2.24 bits per heavy atom. The van der Waals surface area contributed by atoms with Gasteiger partial charge < -0.3 is 9.84 Å². The summed E-state index contributed by atoms with van der Waals surface area (Å²) in [6.45, 7) is 6.78. The molecular formula is C23H22N2O4. The van der Waals surface area contributed by atoms with Gasteiger partial charge in [0.05, 0.1) is 11.8 Å². The minimum atomic E-state index is -0.681. The smallest absolute Gasteiger partial charge is 0.344 e. The highest BCUT2D eigenvalue weighted by Gasteiger charge is 2.31. The fourth-order valence-electron chi connectivity index (χ4n) is 2.93. The first kappa shape index (κ1) is 20.2. The lowest BCUT2D eigenvalue weighted by atomic mass is 9.99. The van der Waals surface area contributed by atoms with E-state index in [4.69, 9.17) is 4.74 Å². The van der Waals surface area contributed by atoms with Crippen LogP contribution in [0.1, 0.15) is 47.8 Å². The van der Waals surface area contributed by atoms with E-state index < -0.39 is 11.9 Å². The van der Waals surface area contributed by atoms with E-state index >= 15 is 0 Å². The topological polar surface area (TPSA) is 88.3 Å². The maximum Gasteiger partial charge on any atom is 0.344 e. The second kappa shape index (κ2) is 8.22. The Balaban J connectivity index is 2.07. The minimum Gasteiger partial charge on any atom is -0.512 e. The Hall–Kier alpha value is -3.54. The summed E-state index contributed by atoms with van der Waals surface area (Å²) < 4.78 is 5.25. The lowest BCUT2D eigenvalue weighted by molar-refractivity contribution is -0.142. The molecule has 0 bridgehead atoms. The summed E-state index contributed by atoms with van der Waals surface area (Å²) in [6.07, 6.45) is -0.356. The Kier molecular flexibility index (Phi) is 5.73. The van der Waals surface area contributed by atoms with Gasteiger partial charge in [0.15, 0.2) is 5.84 Å². The number of aliphatic imine (C=N–C) groups is 2. The Labute approximate surface area is 169 Å². The molecule has 0 spiro atoms. The number of aliphatic hydroxyl groups is 1. The minimum absolute atomic E-state index is 0.0425. The Morgan fingerprint density at radius 2 is 1.66 bits per heavy atom. The van der Waals surface area contributed by atoms with Crippen LogP contribution in [0.25, 0.3) is 0 Å². The molecule has 6 heteroatoms. The van der Waals surface area contributed by atoms with E-state index in [1.165, 1.54) is 6.92 Å². The normalized spacial score (nSPS) is 15.1. The first-order valence-electron chi connectivity index (χ1n) is 9.27. The van der Waals surface area contributed by atoms with Gasteiger partial charge in [0.1, 0.15) is 11.3 Å². The number of carbonyl (C=O) groups excluding carboxylic acids is 2. The third kappa shape index (κ3) is 4.32. The number of allylic oxidation sites excluding steroid dienone is 1. The summed E-state index contributed by atoms with van der Waals surface area (Å²) in [5.41, 5.74) is 2.89. The van der Waals surface area contributed by atoms with Gasteiger partial charge in [-0.15, -0.1) is 0 Å². The van der Waals surface area contributed by atoms with E-state index in [1.807, 2.05) is 19.1 Å². The molecule has 3 rings (SSSR count). The van der Waals surface area contributed by atoms with Gasteiger partial charge in [0.25, 0.3) is 5.91 Å². The van der Waals surface area contributed by atoms with E-state index in [0.717, 1.165) is 5.56 Å². The number of carbonyl (C=O) groups is 2. The molecule has 6 nitrogen and oxygen atoms in total. The number of benzene rings is 2. The summed E-state index contributed by atoms with van der Waals surface area (Å²) in [5, 5.41) is 10.1. The molecule has 0 atom stereocenters. The van der Waals surface area contributed by atoms with Crippen LogP contribution in [-0.2, 0) is 9.53 Å². The Bertz CT molecular complexity index is 1060. The van der Waals surface area contributed by atoms with Crippen LogP contribution < -0.4 is 0 Å². The monoisotopic (exact) mass is 390 g/mol. The largest absolute Gasteiger partial charge is 0.512 e. The van der Waals surface area contributed by atoms with Crippen molar-refractivity contribution in [2.75, 3.05) is 0 Å². The van der Waals surface area contributed by atoms with Crippen LogP contribution in [-0.4, -0.2) is 34.6 Å². The number of aliphatic hydroxyl groups excluding tert-OH is 1. The number of amidine groups is 1. The fourth-order valence-corrected chi connectivity index (χ4v) is 2.93. The van der Waals surface area contributed by atoms with Crippen molar-refractivity contribution in [3.8, 4) is 0 Å². The van der Waals surface area contributed by atoms with Crippen molar-refractivity contribution in [1.29, 1.82) is 0 Å². The molecule has 1 heterocycles. The molecule has 0 saturated carbocycles. The number of nitrogens with zero attached hydrogens (tertiary/aromatic N) is 2. The second-order valence-corrected chi connectivity index (χ2v) is 7.03. The molecule has 1 amide bonds. The highest BCUT2D eigenvalue weighted by molar-refractivity contribution is 6.36. The predicted molar refractivity (Wildman–Crippen MR) is 112 cm³/mol. The van der Waals surface area contributed by atoms with E-state index in [-0.39, 0.29) is 29.0 Å². The first-order valence-corrected chi connectivity index (χ1v) is 9.27. The maximum absolute atomic E-state index is 12.6. The van der Waals surface area contributed by atoms with Gasteiger partial charge >= 0.3 is 5.97 Å². The van der Waals surface area contributed by atoms with Crippen LogP contribution in [0.2, 0.25) is 0 Å². The summed E-state index contributed by atoms with van der Waals surface area (Å²) in [6, 6.07) is 14.2. The van der Waals surface area contributed by atoms with Gasteiger partial charge in [-0.05, 0) is 39.8 Å². The van der Waals surface area contributed by atoms with Crippen molar-refractivity contribution in [3.05, 3.63) is 82.1 Å². The maximum atomic E-state index is 12.6. The summed E-state index contributed by atoms with van der Waals surface area (Å²) in [7, 11) is 0. The van der Waals surface area contributed by atoms with E-state index in [9.17, 15) is 14.7 Å². The predicted octanol–water partition coefficient (Wildman–Crippen LogP) is 4.17. The lowest BCUT2D eigenvalue weighted by Gasteiger charge is -2.12. The van der Waals surface area contributed by atoms with Crippen LogP contribution in [0.3, 0.4) is 0 Å². The average molecular weight is 390 g/mol. The van der Waals surface area contributed by atoms with Crippen molar-refractivity contribution in [2.24, 2.45) is 9.98 Å². The number of amides is 1. The quantitative estimate of drug-likeness (QED) is 0.482. The molecule has 148 valence electrons. The third-order valence-electron chi connectivity index (χ3n) is 4.29. The standard InChI is InChI=1S/C23H22N2O4/c1-13(2)29-23(28)19(15(4)26)20-17-7-5-6-8-18(17)21(24-20)25-22(27)16-11-9-14(3)10-12-16/h5-13,26H,1-4H3/b19-15-,25-21?. The number of hydrogen-bond acceptors (Lipinski definition) is 4. The lowest BCUT2D eigenvalue weighted by Crippen LogP contribution is -2.21. The van der Waals surface area contributed by atoms with Crippen LogP contribution in [0, 0.1) is 6.92 Å². The second-order valence-electron chi connectivity index (χ2n) is 7.03. The van der Waals surface area contributed by atoms with Crippen LogP contribution in [0.4, 0.5) is 0 Å².